The van der Waals surface area contributed by atoms with Crippen LogP contribution in [0.5, 0.6) is 5.88 Å². The molecular weight excluding hydrogens is 212 g/mol. The normalized spacial score (nSPS) is 12.1. The van der Waals surface area contributed by atoms with Crippen LogP contribution >= 0.6 is 0 Å². The monoisotopic (exact) mass is 238 g/mol. The molecule has 17 heavy (non-hydrogen) atoms. The summed E-state index contributed by atoms with van der Waals surface area (Å²) in [7, 11) is 0. The van der Waals surface area contributed by atoms with E-state index in [9.17, 15) is 5.11 Å². The summed E-state index contributed by atoms with van der Waals surface area (Å²) < 4.78 is 1.99. The summed E-state index contributed by atoms with van der Waals surface area (Å²) in [5.74, 6) is 0.219. The molecule has 0 bridgehead atoms. The molecule has 3 heteroatoms. The van der Waals surface area contributed by atoms with Crippen LogP contribution < -0.4 is 0 Å². The van der Waals surface area contributed by atoms with Crippen molar-refractivity contribution in [3.05, 3.63) is 11.3 Å². The van der Waals surface area contributed by atoms with Crippen LogP contribution in [-0.4, -0.2) is 14.9 Å². The van der Waals surface area contributed by atoms with Crippen molar-refractivity contribution in [2.45, 2.75) is 72.3 Å². The molecule has 0 unspecified atom stereocenters. The first kappa shape index (κ1) is 14.1. The zero-order valence-electron chi connectivity index (χ0n) is 11.9. The Morgan fingerprint density at radius 1 is 1.18 bits per heavy atom. The summed E-state index contributed by atoms with van der Waals surface area (Å²) in [4.78, 5) is 0. The van der Waals surface area contributed by atoms with Crippen LogP contribution in [0.2, 0.25) is 0 Å². The number of unbranched alkanes of at least 4 members (excludes halogenated alkanes) is 1. The molecule has 1 N–H and O–H groups in total. The molecule has 0 aliphatic rings. The van der Waals surface area contributed by atoms with Crippen molar-refractivity contribution in [3.63, 3.8) is 0 Å². The van der Waals surface area contributed by atoms with Crippen LogP contribution in [0.15, 0.2) is 0 Å². The van der Waals surface area contributed by atoms with E-state index in [1.54, 1.807) is 0 Å². The molecule has 0 spiro atoms. The number of aromatic nitrogens is 2. The van der Waals surface area contributed by atoms with E-state index in [2.05, 4.69) is 39.7 Å². The summed E-state index contributed by atoms with van der Waals surface area (Å²) in [6.45, 7) is 11.6. The molecule has 0 amide bonds. The predicted octanol–water partition coefficient (Wildman–Crippen LogP) is 3.64. The van der Waals surface area contributed by atoms with Crippen LogP contribution in [0.3, 0.4) is 0 Å². The number of aryl methyl sites for hydroxylation is 1. The van der Waals surface area contributed by atoms with Crippen molar-refractivity contribution in [2.75, 3.05) is 0 Å². The van der Waals surface area contributed by atoms with Gasteiger partial charge in [0.1, 0.15) is 0 Å². The van der Waals surface area contributed by atoms with Gasteiger partial charge in [0, 0.05) is 17.8 Å². The van der Waals surface area contributed by atoms with E-state index >= 15 is 0 Å². The second kappa shape index (κ2) is 5.56. The molecule has 3 nitrogen and oxygen atoms in total. The van der Waals surface area contributed by atoms with E-state index in [4.69, 9.17) is 0 Å². The Morgan fingerprint density at radius 3 is 2.29 bits per heavy atom. The molecule has 0 aromatic carbocycles. The minimum Gasteiger partial charge on any atom is -0.492 e. The maximum atomic E-state index is 10.0. The maximum absolute atomic E-state index is 10.0. The molecule has 0 radical (unpaired) electrons. The molecule has 1 heterocycles. The van der Waals surface area contributed by atoms with Gasteiger partial charge in [0.25, 0.3) is 0 Å². The molecule has 1 rings (SSSR count). The molecule has 0 aliphatic carbocycles. The third kappa shape index (κ3) is 3.24. The molecule has 0 fully saturated rings. The second-order valence-corrected chi connectivity index (χ2v) is 5.72. The Labute approximate surface area is 105 Å². The van der Waals surface area contributed by atoms with Crippen LogP contribution in [-0.2, 0) is 18.4 Å². The summed E-state index contributed by atoms with van der Waals surface area (Å²) in [5.41, 5.74) is 2.21. The van der Waals surface area contributed by atoms with Crippen molar-refractivity contribution in [1.29, 1.82) is 0 Å². The Morgan fingerprint density at radius 2 is 1.82 bits per heavy atom. The average molecular weight is 238 g/mol. The van der Waals surface area contributed by atoms with Gasteiger partial charge in [-0.15, -0.1) is 5.10 Å². The number of rotatable bonds is 5. The lowest BCUT2D eigenvalue weighted by atomic mass is 9.85. The van der Waals surface area contributed by atoms with E-state index < -0.39 is 0 Å². The highest BCUT2D eigenvalue weighted by Gasteiger charge is 2.26. The summed E-state index contributed by atoms with van der Waals surface area (Å²) in [6.07, 6.45) is 4.38. The van der Waals surface area contributed by atoms with E-state index in [0.717, 1.165) is 31.4 Å². The van der Waals surface area contributed by atoms with Crippen molar-refractivity contribution >= 4 is 0 Å². The van der Waals surface area contributed by atoms with Gasteiger partial charge in [0.2, 0.25) is 5.88 Å². The molecule has 1 aromatic heterocycles. The first-order valence-corrected chi connectivity index (χ1v) is 6.70. The summed E-state index contributed by atoms with van der Waals surface area (Å²) >= 11 is 0. The van der Waals surface area contributed by atoms with Gasteiger partial charge in [0.05, 0.1) is 0 Å². The van der Waals surface area contributed by atoms with E-state index in [-0.39, 0.29) is 11.3 Å². The second-order valence-electron chi connectivity index (χ2n) is 5.72. The predicted molar refractivity (Wildman–Crippen MR) is 71.5 cm³/mol. The Hall–Kier alpha value is -0.990. The molecule has 0 aliphatic heterocycles. The van der Waals surface area contributed by atoms with Gasteiger partial charge in [-0.25, -0.2) is 0 Å². The van der Waals surface area contributed by atoms with Crippen molar-refractivity contribution < 1.29 is 5.11 Å². The van der Waals surface area contributed by atoms with E-state index in [0.29, 0.717) is 0 Å². The Balaban J connectivity index is 3.16. The standard InChI is InChI=1S/C14H26N2O/c1-6-8-9-11-12(14(3,4)5)13(17)15-16(11)10-7-2/h6-10H2,1-5H3,(H,15,17). The minimum absolute atomic E-state index is 0.0425. The van der Waals surface area contributed by atoms with Gasteiger partial charge >= 0.3 is 0 Å². The van der Waals surface area contributed by atoms with Crippen LogP contribution in [0, 0.1) is 0 Å². The number of hydrogen-bond donors (Lipinski definition) is 1. The highest BCUT2D eigenvalue weighted by molar-refractivity contribution is 5.36. The van der Waals surface area contributed by atoms with Gasteiger partial charge in [0.15, 0.2) is 0 Å². The van der Waals surface area contributed by atoms with Crippen LogP contribution in [0.4, 0.5) is 0 Å². The molecule has 0 saturated heterocycles. The first-order valence-electron chi connectivity index (χ1n) is 6.70. The number of aromatic hydroxyl groups is 1. The Bertz CT molecular complexity index is 361. The SMILES string of the molecule is CCCCc1c(C(C)(C)C)c(O)nn1CCC. The third-order valence-corrected chi connectivity index (χ3v) is 2.99. The molecule has 1 aromatic rings. The minimum atomic E-state index is -0.0425. The zero-order valence-corrected chi connectivity index (χ0v) is 11.9. The summed E-state index contributed by atoms with van der Waals surface area (Å²) in [6, 6.07) is 0. The highest BCUT2D eigenvalue weighted by Crippen LogP contribution is 2.34. The molecule has 0 atom stereocenters. The average Bonchev–Trinajstić information content (AvgIpc) is 2.51. The molecule has 98 valence electrons. The highest BCUT2D eigenvalue weighted by atomic mass is 16.3. The molecule has 0 saturated carbocycles. The van der Waals surface area contributed by atoms with Crippen molar-refractivity contribution in [1.82, 2.24) is 9.78 Å². The van der Waals surface area contributed by atoms with Gasteiger partial charge in [-0.05, 0) is 24.7 Å². The quantitative estimate of drug-likeness (QED) is 0.850. The lowest BCUT2D eigenvalue weighted by molar-refractivity contribution is 0.420. The zero-order chi connectivity index (χ0) is 13.1. The lowest BCUT2D eigenvalue weighted by Crippen LogP contribution is -2.15. The van der Waals surface area contributed by atoms with Crippen molar-refractivity contribution in [3.8, 4) is 5.88 Å². The fourth-order valence-electron chi connectivity index (χ4n) is 2.25. The first-order chi connectivity index (χ1) is 7.91. The van der Waals surface area contributed by atoms with Gasteiger partial charge in [-0.2, -0.15) is 0 Å². The maximum Gasteiger partial charge on any atom is 0.234 e. The fraction of sp³-hybridized carbons (Fsp3) is 0.786. The molecular formula is C14H26N2O. The number of hydrogen-bond acceptors (Lipinski definition) is 2. The lowest BCUT2D eigenvalue weighted by Gasteiger charge is -2.20. The smallest absolute Gasteiger partial charge is 0.234 e. The largest absolute Gasteiger partial charge is 0.492 e. The fourth-order valence-corrected chi connectivity index (χ4v) is 2.25. The Kier molecular flexibility index (Phi) is 4.61. The van der Waals surface area contributed by atoms with E-state index in [1.165, 1.54) is 12.1 Å². The third-order valence-electron chi connectivity index (χ3n) is 2.99. The van der Waals surface area contributed by atoms with E-state index in [1.807, 2.05) is 4.68 Å². The van der Waals surface area contributed by atoms with Gasteiger partial charge < -0.3 is 5.11 Å². The summed E-state index contributed by atoms with van der Waals surface area (Å²) in [5, 5.41) is 14.3. The van der Waals surface area contributed by atoms with Crippen LogP contribution in [0.1, 0.15) is 65.1 Å². The van der Waals surface area contributed by atoms with Crippen LogP contribution in [0.25, 0.3) is 0 Å². The van der Waals surface area contributed by atoms with Gasteiger partial charge in [-0.3, -0.25) is 4.68 Å². The van der Waals surface area contributed by atoms with Crippen molar-refractivity contribution in [2.24, 2.45) is 0 Å². The number of nitrogens with zero attached hydrogens (tertiary/aromatic N) is 2. The topological polar surface area (TPSA) is 38.1 Å². The van der Waals surface area contributed by atoms with Gasteiger partial charge in [-0.1, -0.05) is 41.0 Å².